The van der Waals surface area contributed by atoms with Crippen molar-refractivity contribution >= 4 is 6.09 Å². The number of ether oxygens (including phenoxy) is 1. The highest BCUT2D eigenvalue weighted by Crippen LogP contribution is 2.48. The van der Waals surface area contributed by atoms with Crippen LogP contribution in [0.2, 0.25) is 0 Å². The molecule has 3 heterocycles. The lowest BCUT2D eigenvalue weighted by Gasteiger charge is -2.50. The van der Waals surface area contributed by atoms with Gasteiger partial charge in [0.15, 0.2) is 0 Å². The molecule has 0 bridgehead atoms. The normalized spacial score (nSPS) is 41.9. The third-order valence-corrected chi connectivity index (χ3v) is 10.7. The van der Waals surface area contributed by atoms with Crippen molar-refractivity contribution in [2.75, 3.05) is 19.6 Å². The minimum absolute atomic E-state index is 0.133. The zero-order valence-electron chi connectivity index (χ0n) is 24.3. The molecule has 8 heteroatoms. The van der Waals surface area contributed by atoms with E-state index in [0.717, 1.165) is 26.1 Å². The quantitative estimate of drug-likeness (QED) is 0.378. The molecule has 2 aliphatic carbocycles. The number of hydrogen-bond acceptors (Lipinski definition) is 7. The van der Waals surface area contributed by atoms with Crippen LogP contribution < -0.4 is 26.8 Å². The monoisotopic (exact) mass is 528 g/mol. The Morgan fingerprint density at radius 3 is 2.32 bits per heavy atom. The van der Waals surface area contributed by atoms with Crippen molar-refractivity contribution in [1.29, 1.82) is 5.26 Å². The Labute approximate surface area is 230 Å². The highest BCUT2D eigenvalue weighted by Gasteiger charge is 2.52. The first kappa shape index (κ1) is 28.1. The molecule has 3 saturated heterocycles. The molecule has 0 aromatic rings. The first-order chi connectivity index (χ1) is 18.0. The summed E-state index contributed by atoms with van der Waals surface area (Å²) in [5.41, 5.74) is 6.79. The van der Waals surface area contributed by atoms with E-state index >= 15 is 0 Å². The molecular formula is C30H52N6O2. The van der Waals surface area contributed by atoms with Gasteiger partial charge in [-0.2, -0.15) is 5.26 Å². The lowest BCUT2D eigenvalue weighted by molar-refractivity contribution is 0.0383. The van der Waals surface area contributed by atoms with Gasteiger partial charge in [0.25, 0.3) is 0 Å². The molecule has 0 radical (unpaired) electrons. The van der Waals surface area contributed by atoms with Crippen LogP contribution >= 0.6 is 0 Å². The Morgan fingerprint density at radius 2 is 1.61 bits per heavy atom. The van der Waals surface area contributed by atoms with E-state index in [1.807, 2.05) is 20.8 Å². The van der Waals surface area contributed by atoms with Crippen molar-refractivity contribution in [1.82, 2.24) is 26.8 Å². The van der Waals surface area contributed by atoms with Gasteiger partial charge in [-0.15, -0.1) is 0 Å². The van der Waals surface area contributed by atoms with E-state index in [0.29, 0.717) is 53.6 Å². The van der Waals surface area contributed by atoms with Crippen LogP contribution in [0.5, 0.6) is 0 Å². The fourth-order valence-electron chi connectivity index (χ4n) is 8.66. The number of carbonyl (C=O) groups excluding carboxylic acids is 1. The average molecular weight is 529 g/mol. The van der Waals surface area contributed by atoms with E-state index in [1.54, 1.807) is 0 Å². The predicted octanol–water partition coefficient (Wildman–Crippen LogP) is 3.69. The molecule has 1 amide bonds. The van der Waals surface area contributed by atoms with Gasteiger partial charge in [0, 0.05) is 37.3 Å². The Morgan fingerprint density at radius 1 is 0.868 bits per heavy atom. The zero-order chi connectivity index (χ0) is 27.1. The van der Waals surface area contributed by atoms with Crippen molar-refractivity contribution in [2.24, 2.45) is 40.9 Å². The van der Waals surface area contributed by atoms with E-state index in [9.17, 15) is 10.1 Å². The molecule has 214 valence electrons. The van der Waals surface area contributed by atoms with Gasteiger partial charge in [0.2, 0.25) is 0 Å². The molecule has 38 heavy (non-hydrogen) atoms. The maximum Gasteiger partial charge on any atom is 0.407 e. The second-order valence-electron chi connectivity index (χ2n) is 14.7. The molecule has 0 spiro atoms. The fourth-order valence-corrected chi connectivity index (χ4v) is 8.66. The first-order valence-corrected chi connectivity index (χ1v) is 15.4. The standard InChI is InChI=1S/C30H52N6O2/c1-29(2,3)38-28(37)34-22-12-20(14-32-15-22)19-8-11-24-23(13-19)26-25(16-33-24)35-36-27(26)18-6-9-21(10-7-18)30(4,5)17-31/h18-27,32-33,35-36H,6-16H2,1-5H3,(H,34,37). The van der Waals surface area contributed by atoms with Crippen molar-refractivity contribution in [2.45, 2.75) is 116 Å². The van der Waals surface area contributed by atoms with Crippen LogP contribution in [0.4, 0.5) is 4.79 Å². The maximum atomic E-state index is 12.4. The number of nitrogens with zero attached hydrogens (tertiary/aromatic N) is 1. The molecule has 0 aromatic carbocycles. The number of piperidine rings is 2. The Kier molecular flexibility index (Phi) is 8.32. The number of fused-ring (bicyclic) bond motifs is 3. The molecule has 5 aliphatic rings. The van der Waals surface area contributed by atoms with Crippen LogP contribution in [0, 0.1) is 52.3 Å². The number of rotatable bonds is 4. The second kappa shape index (κ2) is 11.2. The summed E-state index contributed by atoms with van der Waals surface area (Å²) in [6.45, 7) is 12.9. The number of hydrogen-bond donors (Lipinski definition) is 5. The largest absolute Gasteiger partial charge is 0.444 e. The Balaban J connectivity index is 1.20. The molecule has 2 saturated carbocycles. The molecule has 5 fully saturated rings. The number of amides is 1. The van der Waals surface area contributed by atoms with Gasteiger partial charge in [-0.1, -0.05) is 0 Å². The van der Waals surface area contributed by atoms with Gasteiger partial charge in [-0.05, 0) is 128 Å². The van der Waals surface area contributed by atoms with E-state index in [2.05, 4.69) is 46.7 Å². The fraction of sp³-hybridized carbons (Fsp3) is 0.933. The van der Waals surface area contributed by atoms with E-state index in [-0.39, 0.29) is 17.6 Å². The molecule has 5 N–H and O–H groups in total. The molecule has 0 aromatic heterocycles. The highest BCUT2D eigenvalue weighted by atomic mass is 16.6. The Bertz CT molecular complexity index is 873. The van der Waals surface area contributed by atoms with E-state index < -0.39 is 5.60 Å². The summed E-state index contributed by atoms with van der Waals surface area (Å²) in [4.78, 5) is 12.4. The highest BCUT2D eigenvalue weighted by molar-refractivity contribution is 5.68. The summed E-state index contributed by atoms with van der Waals surface area (Å²) in [6, 6.07) is 4.35. The number of alkyl carbamates (subject to hydrolysis) is 1. The van der Waals surface area contributed by atoms with Crippen LogP contribution in [0.25, 0.3) is 0 Å². The van der Waals surface area contributed by atoms with Crippen LogP contribution in [-0.2, 0) is 4.74 Å². The van der Waals surface area contributed by atoms with Crippen molar-refractivity contribution in [3.05, 3.63) is 0 Å². The molecule has 8 nitrogen and oxygen atoms in total. The summed E-state index contributed by atoms with van der Waals surface area (Å²) in [6.07, 6.45) is 9.37. The summed E-state index contributed by atoms with van der Waals surface area (Å²) in [7, 11) is 0. The van der Waals surface area contributed by atoms with Gasteiger partial charge in [0.05, 0.1) is 11.5 Å². The topological polar surface area (TPSA) is 110 Å². The summed E-state index contributed by atoms with van der Waals surface area (Å²) < 4.78 is 5.52. The lowest BCUT2D eigenvalue weighted by atomic mass is 9.60. The molecule has 5 rings (SSSR count). The number of hydrazine groups is 1. The van der Waals surface area contributed by atoms with Crippen molar-refractivity contribution < 1.29 is 9.53 Å². The van der Waals surface area contributed by atoms with Gasteiger partial charge >= 0.3 is 6.09 Å². The Hall–Kier alpha value is -1.40. The number of nitriles is 1. The van der Waals surface area contributed by atoms with Gasteiger partial charge in [-0.25, -0.2) is 4.79 Å². The summed E-state index contributed by atoms with van der Waals surface area (Å²) >= 11 is 0. The zero-order valence-corrected chi connectivity index (χ0v) is 24.3. The first-order valence-electron chi connectivity index (χ1n) is 15.4. The molecule has 8 atom stereocenters. The average Bonchev–Trinajstić information content (AvgIpc) is 3.32. The van der Waals surface area contributed by atoms with Crippen LogP contribution in [0.15, 0.2) is 0 Å². The third kappa shape index (κ3) is 6.16. The number of nitrogens with one attached hydrogen (secondary N) is 5. The van der Waals surface area contributed by atoms with Crippen molar-refractivity contribution in [3.63, 3.8) is 0 Å². The van der Waals surface area contributed by atoms with E-state index in [4.69, 9.17) is 4.74 Å². The van der Waals surface area contributed by atoms with Gasteiger partial charge < -0.3 is 20.7 Å². The minimum Gasteiger partial charge on any atom is -0.444 e. The maximum absolute atomic E-state index is 12.4. The van der Waals surface area contributed by atoms with Crippen LogP contribution in [-0.4, -0.2) is 55.5 Å². The molecule has 8 unspecified atom stereocenters. The van der Waals surface area contributed by atoms with Gasteiger partial charge in [0.1, 0.15) is 5.60 Å². The summed E-state index contributed by atoms with van der Waals surface area (Å²) in [5.74, 6) is 3.86. The van der Waals surface area contributed by atoms with Crippen molar-refractivity contribution in [3.8, 4) is 6.07 Å². The third-order valence-electron chi connectivity index (χ3n) is 10.7. The van der Waals surface area contributed by atoms with Gasteiger partial charge in [-0.3, -0.25) is 10.9 Å². The van der Waals surface area contributed by atoms with Crippen LogP contribution in [0.3, 0.4) is 0 Å². The lowest BCUT2D eigenvalue weighted by Crippen LogP contribution is -2.59. The van der Waals surface area contributed by atoms with Crippen LogP contribution in [0.1, 0.15) is 86.0 Å². The second-order valence-corrected chi connectivity index (χ2v) is 14.7. The van der Waals surface area contributed by atoms with E-state index in [1.165, 1.54) is 44.9 Å². The molecule has 3 aliphatic heterocycles. The summed E-state index contributed by atoms with van der Waals surface area (Å²) in [5, 5.41) is 20.3. The molecular weight excluding hydrogens is 476 g/mol. The SMILES string of the molecule is CC(C)(C)OC(=O)NC1CNCC(C2CCC3NCC4NNC(C5CCC(C(C)(C)C#N)CC5)C4C3C2)C1. The number of carbonyl (C=O) groups is 1. The minimum atomic E-state index is -0.473. The smallest absolute Gasteiger partial charge is 0.407 e. The predicted molar refractivity (Wildman–Crippen MR) is 149 cm³/mol.